The van der Waals surface area contributed by atoms with Crippen LogP contribution in [0.15, 0.2) is 46.6 Å². The molecular weight excluding hydrogens is 388 g/mol. The molecule has 2 aliphatic rings. The average molecular weight is 441 g/mol. The Morgan fingerprint density at radius 2 is 1.62 bits per heavy atom. The van der Waals surface area contributed by atoms with Crippen LogP contribution in [-0.4, -0.2) is 11.2 Å². The lowest BCUT2D eigenvalue weighted by molar-refractivity contribution is -0.177. The molecule has 0 bridgehead atoms. The zero-order valence-corrected chi connectivity index (χ0v) is 22.5. The highest BCUT2D eigenvalue weighted by Crippen LogP contribution is 2.51. The minimum absolute atomic E-state index is 0.00759. The van der Waals surface area contributed by atoms with E-state index in [1.807, 2.05) is 0 Å². The van der Waals surface area contributed by atoms with Crippen molar-refractivity contribution in [3.8, 4) is 0 Å². The molecule has 1 heteroatoms. The number of unbranched alkanes of at least 4 members (excludes halogenated alkanes) is 3. The van der Waals surface area contributed by atoms with Crippen LogP contribution < -0.4 is 0 Å². The predicted molar refractivity (Wildman–Crippen MR) is 142 cm³/mol. The molecule has 1 aliphatic carbocycles. The van der Waals surface area contributed by atoms with Crippen LogP contribution >= 0.6 is 0 Å². The monoisotopic (exact) mass is 440 g/mol. The molecule has 0 radical (unpaired) electrons. The van der Waals surface area contributed by atoms with Gasteiger partial charge in [-0.25, -0.2) is 0 Å². The first-order valence-electron chi connectivity index (χ1n) is 13.7. The molecule has 182 valence electrons. The second kappa shape index (κ2) is 13.0. The topological polar surface area (TPSA) is 9.23 Å². The number of ether oxygens (including phenoxy) is 1. The van der Waals surface area contributed by atoms with E-state index in [0.29, 0.717) is 5.92 Å². The summed E-state index contributed by atoms with van der Waals surface area (Å²) in [5.74, 6) is 0.486. The lowest BCUT2D eigenvalue weighted by atomic mass is 9.67. The minimum atomic E-state index is -0.0672. The fourth-order valence-electron chi connectivity index (χ4n) is 5.57. The highest BCUT2D eigenvalue weighted by Gasteiger charge is 2.49. The van der Waals surface area contributed by atoms with Crippen LogP contribution in [0.3, 0.4) is 0 Å². The minimum Gasteiger partial charge on any atom is -0.364 e. The van der Waals surface area contributed by atoms with Gasteiger partial charge in [-0.05, 0) is 91.1 Å². The summed E-state index contributed by atoms with van der Waals surface area (Å²) in [7, 11) is 0. The van der Waals surface area contributed by atoms with Crippen LogP contribution in [0, 0.1) is 5.92 Å². The SMILES string of the molecule is CCCC/C=C(\C)CCC/C(C)=C/CCC1(C)CCC2=CC=C(C)C(C)C2(CCCC)O1. The van der Waals surface area contributed by atoms with Gasteiger partial charge in [0, 0.05) is 5.92 Å². The lowest BCUT2D eigenvalue weighted by Gasteiger charge is -2.53. The summed E-state index contributed by atoms with van der Waals surface area (Å²) in [4.78, 5) is 0. The summed E-state index contributed by atoms with van der Waals surface area (Å²) in [5.41, 5.74) is 6.08. The number of allylic oxidation sites excluding steroid dienone is 6. The normalized spacial score (nSPS) is 28.9. The van der Waals surface area contributed by atoms with Gasteiger partial charge in [0.2, 0.25) is 0 Å². The van der Waals surface area contributed by atoms with Crippen LogP contribution in [0.2, 0.25) is 0 Å². The van der Waals surface area contributed by atoms with E-state index in [2.05, 4.69) is 72.8 Å². The second-order valence-corrected chi connectivity index (χ2v) is 11.0. The third-order valence-electron chi connectivity index (χ3n) is 8.09. The van der Waals surface area contributed by atoms with Gasteiger partial charge in [0.1, 0.15) is 0 Å². The maximum absolute atomic E-state index is 7.15. The first kappa shape index (κ1) is 27.2. The van der Waals surface area contributed by atoms with E-state index >= 15 is 0 Å². The summed E-state index contributed by atoms with van der Waals surface area (Å²) in [6.45, 7) is 16.2. The molecule has 1 fully saturated rings. The third kappa shape index (κ3) is 7.47. The number of hydrogen-bond acceptors (Lipinski definition) is 1. The Morgan fingerprint density at radius 1 is 0.969 bits per heavy atom. The molecule has 0 spiro atoms. The van der Waals surface area contributed by atoms with E-state index in [4.69, 9.17) is 4.74 Å². The molecule has 0 aromatic rings. The van der Waals surface area contributed by atoms with Crippen molar-refractivity contribution in [3.05, 3.63) is 46.6 Å². The van der Waals surface area contributed by atoms with Gasteiger partial charge in [-0.1, -0.05) is 87.5 Å². The number of rotatable bonds is 13. The van der Waals surface area contributed by atoms with Gasteiger partial charge in [-0.15, -0.1) is 0 Å². The maximum atomic E-state index is 7.15. The quantitative estimate of drug-likeness (QED) is 0.204. The largest absolute Gasteiger partial charge is 0.364 e. The van der Waals surface area contributed by atoms with E-state index in [1.165, 1.54) is 63.4 Å². The van der Waals surface area contributed by atoms with Gasteiger partial charge in [-0.3, -0.25) is 0 Å². The smallest absolute Gasteiger partial charge is 0.0964 e. The molecule has 1 aliphatic heterocycles. The Morgan fingerprint density at radius 3 is 2.28 bits per heavy atom. The Bertz CT molecular complexity index is 706. The van der Waals surface area contributed by atoms with Crippen LogP contribution in [0.25, 0.3) is 0 Å². The molecular formula is C31H52O. The van der Waals surface area contributed by atoms with Crippen molar-refractivity contribution in [1.82, 2.24) is 0 Å². The summed E-state index contributed by atoms with van der Waals surface area (Å²) < 4.78 is 7.15. The lowest BCUT2D eigenvalue weighted by Crippen LogP contribution is -2.53. The zero-order valence-electron chi connectivity index (χ0n) is 22.5. The van der Waals surface area contributed by atoms with Crippen molar-refractivity contribution in [2.24, 2.45) is 5.92 Å². The Hall–Kier alpha value is -1.08. The van der Waals surface area contributed by atoms with Gasteiger partial charge in [0.25, 0.3) is 0 Å². The highest BCUT2D eigenvalue weighted by molar-refractivity contribution is 5.36. The third-order valence-corrected chi connectivity index (χ3v) is 8.09. The predicted octanol–water partition coefficient (Wildman–Crippen LogP) is 10.0. The molecule has 32 heavy (non-hydrogen) atoms. The van der Waals surface area contributed by atoms with Gasteiger partial charge < -0.3 is 4.74 Å². The van der Waals surface area contributed by atoms with Crippen molar-refractivity contribution < 1.29 is 4.74 Å². The summed E-state index contributed by atoms with van der Waals surface area (Å²) in [6, 6.07) is 0. The highest BCUT2D eigenvalue weighted by atomic mass is 16.5. The number of fused-ring (bicyclic) bond motifs is 1. The van der Waals surface area contributed by atoms with Crippen LogP contribution in [0.4, 0.5) is 0 Å². The first-order chi connectivity index (χ1) is 15.3. The van der Waals surface area contributed by atoms with Gasteiger partial charge in [0.15, 0.2) is 0 Å². The molecule has 3 unspecified atom stereocenters. The molecule has 0 N–H and O–H groups in total. The molecule has 3 atom stereocenters. The second-order valence-electron chi connectivity index (χ2n) is 11.0. The summed E-state index contributed by atoms with van der Waals surface area (Å²) >= 11 is 0. The summed E-state index contributed by atoms with van der Waals surface area (Å²) in [5, 5.41) is 0. The standard InChI is InChI=1S/C31H52O/c1-8-10-12-15-25(3)16-13-17-26(4)18-14-22-30(7)24-21-29-20-19-27(5)28(6)31(29,32-30)23-11-9-2/h15,18-20,28H,8-14,16-17,21-24H2,1-7H3/b25-15+,26-18+. The van der Waals surface area contributed by atoms with E-state index in [-0.39, 0.29) is 11.2 Å². The first-order valence-corrected chi connectivity index (χ1v) is 13.7. The van der Waals surface area contributed by atoms with Gasteiger partial charge in [-0.2, -0.15) is 0 Å². The fraction of sp³-hybridized carbons (Fsp3) is 0.742. The molecule has 0 amide bonds. The van der Waals surface area contributed by atoms with E-state index in [0.717, 1.165) is 25.7 Å². The molecule has 0 aromatic carbocycles. The van der Waals surface area contributed by atoms with E-state index in [9.17, 15) is 0 Å². The number of hydrogen-bond donors (Lipinski definition) is 0. The average Bonchev–Trinajstić information content (AvgIpc) is 2.75. The van der Waals surface area contributed by atoms with Crippen molar-refractivity contribution in [3.63, 3.8) is 0 Å². The molecule has 1 heterocycles. The zero-order chi connectivity index (χ0) is 23.6. The van der Waals surface area contributed by atoms with E-state index < -0.39 is 0 Å². The Kier molecular flexibility index (Phi) is 11.0. The van der Waals surface area contributed by atoms with E-state index in [1.54, 1.807) is 16.7 Å². The van der Waals surface area contributed by atoms with Gasteiger partial charge in [0.05, 0.1) is 11.2 Å². The van der Waals surface area contributed by atoms with Crippen molar-refractivity contribution in [2.75, 3.05) is 0 Å². The van der Waals surface area contributed by atoms with Crippen molar-refractivity contribution in [2.45, 2.75) is 143 Å². The summed E-state index contributed by atoms with van der Waals surface area (Å²) in [6.07, 6.45) is 25.5. The molecule has 0 saturated carbocycles. The molecule has 1 nitrogen and oxygen atoms in total. The van der Waals surface area contributed by atoms with Crippen molar-refractivity contribution in [1.29, 1.82) is 0 Å². The van der Waals surface area contributed by atoms with Crippen LogP contribution in [0.1, 0.15) is 132 Å². The molecule has 1 saturated heterocycles. The van der Waals surface area contributed by atoms with Crippen LogP contribution in [0.5, 0.6) is 0 Å². The molecule has 2 rings (SSSR count). The fourth-order valence-corrected chi connectivity index (χ4v) is 5.57. The molecule has 0 aromatic heterocycles. The van der Waals surface area contributed by atoms with Crippen LogP contribution in [-0.2, 0) is 4.74 Å². The Balaban J connectivity index is 1.90. The van der Waals surface area contributed by atoms with Gasteiger partial charge >= 0.3 is 0 Å². The Labute approximate surface area is 200 Å². The maximum Gasteiger partial charge on any atom is 0.0964 e. The van der Waals surface area contributed by atoms with Crippen molar-refractivity contribution >= 4 is 0 Å².